The Kier molecular flexibility index (Phi) is 6.41. The van der Waals surface area contributed by atoms with Crippen LogP contribution in [0.2, 0.25) is 0 Å². The summed E-state index contributed by atoms with van der Waals surface area (Å²) < 4.78 is 22.8. The number of H-pyrrole nitrogens is 1. The average molecular weight is 630 g/mol. The Labute approximate surface area is 277 Å². The molecule has 6 nitrogen and oxygen atoms in total. The molecular formula is C42H35N3O3. The van der Waals surface area contributed by atoms with Gasteiger partial charge in [0.25, 0.3) is 0 Å². The van der Waals surface area contributed by atoms with Crippen molar-refractivity contribution in [3.63, 3.8) is 0 Å². The molecule has 0 unspecified atom stereocenters. The molecule has 0 saturated heterocycles. The Morgan fingerprint density at radius 3 is 1.62 bits per heavy atom. The van der Waals surface area contributed by atoms with E-state index in [1.54, 1.807) is 21.3 Å². The predicted molar refractivity (Wildman–Crippen MR) is 197 cm³/mol. The first-order chi connectivity index (χ1) is 23.6. The Balaban J connectivity index is 1.23. The zero-order valence-corrected chi connectivity index (χ0v) is 27.4. The first-order valence-corrected chi connectivity index (χ1v) is 16.3. The van der Waals surface area contributed by atoms with Gasteiger partial charge in [-0.2, -0.15) is 0 Å². The summed E-state index contributed by atoms with van der Waals surface area (Å²) in [6.45, 7) is 3.45. The lowest BCUT2D eigenvalue weighted by molar-refractivity contribution is 0.416. The van der Waals surface area contributed by atoms with E-state index in [0.29, 0.717) is 13.1 Å². The van der Waals surface area contributed by atoms with E-state index in [9.17, 15) is 0 Å². The van der Waals surface area contributed by atoms with Crippen molar-refractivity contribution in [1.29, 1.82) is 0 Å². The topological polar surface area (TPSA) is 53.3 Å². The van der Waals surface area contributed by atoms with Crippen LogP contribution in [0.25, 0.3) is 65.4 Å². The minimum Gasteiger partial charge on any atom is -0.495 e. The Bertz CT molecular complexity index is 2710. The molecule has 0 bridgehead atoms. The first kappa shape index (κ1) is 28.4. The fraction of sp³-hybridized carbons (Fsp3) is 0.143. The lowest BCUT2D eigenvalue weighted by Gasteiger charge is -2.15. The largest absolute Gasteiger partial charge is 0.495 e. The van der Waals surface area contributed by atoms with Crippen LogP contribution >= 0.6 is 0 Å². The second kappa shape index (κ2) is 10.8. The molecule has 0 atom stereocenters. The van der Waals surface area contributed by atoms with E-state index in [1.165, 1.54) is 38.0 Å². The van der Waals surface area contributed by atoms with Crippen LogP contribution in [0.5, 0.6) is 17.2 Å². The Morgan fingerprint density at radius 2 is 1.00 bits per heavy atom. The molecule has 48 heavy (non-hydrogen) atoms. The van der Waals surface area contributed by atoms with Crippen molar-refractivity contribution in [3.8, 4) is 17.2 Å². The second-order valence-electron chi connectivity index (χ2n) is 12.7. The quantitative estimate of drug-likeness (QED) is 0.191. The van der Waals surface area contributed by atoms with Crippen LogP contribution in [-0.2, 0) is 13.1 Å². The summed E-state index contributed by atoms with van der Waals surface area (Å²) in [6, 6.07) is 39.0. The highest BCUT2D eigenvalue weighted by Gasteiger charge is 2.20. The van der Waals surface area contributed by atoms with Crippen molar-refractivity contribution < 1.29 is 14.2 Å². The van der Waals surface area contributed by atoms with Crippen LogP contribution in [0.4, 0.5) is 0 Å². The summed E-state index contributed by atoms with van der Waals surface area (Å²) in [5.41, 5.74) is 10.1. The maximum absolute atomic E-state index is 6.21. The molecule has 236 valence electrons. The van der Waals surface area contributed by atoms with Gasteiger partial charge in [0, 0.05) is 62.0 Å². The molecule has 0 fully saturated rings. The summed E-state index contributed by atoms with van der Waals surface area (Å²) in [6.07, 6.45) is 0. The molecular weight excluding hydrogens is 594 g/mol. The van der Waals surface area contributed by atoms with Gasteiger partial charge in [0.2, 0.25) is 0 Å². The van der Waals surface area contributed by atoms with E-state index in [-0.39, 0.29) is 0 Å². The van der Waals surface area contributed by atoms with E-state index >= 15 is 0 Å². The van der Waals surface area contributed by atoms with Crippen molar-refractivity contribution in [3.05, 3.63) is 126 Å². The van der Waals surface area contributed by atoms with E-state index < -0.39 is 0 Å². The van der Waals surface area contributed by atoms with Gasteiger partial charge in [-0.15, -0.1) is 0 Å². The molecule has 0 amide bonds. The molecule has 0 aliphatic rings. The zero-order chi connectivity index (χ0) is 32.5. The van der Waals surface area contributed by atoms with Gasteiger partial charge in [-0.25, -0.2) is 0 Å². The summed E-state index contributed by atoms with van der Waals surface area (Å²) in [4.78, 5) is 3.56. The number of methoxy groups -OCH3 is 3. The fourth-order valence-corrected chi connectivity index (χ4v) is 7.82. The smallest absolute Gasteiger partial charge is 0.143 e. The number of nitrogens with zero attached hydrogens (tertiary/aromatic N) is 2. The summed E-state index contributed by atoms with van der Waals surface area (Å²) in [5, 5.41) is 7.14. The molecule has 0 aliphatic heterocycles. The highest BCUT2D eigenvalue weighted by molar-refractivity contribution is 6.12. The highest BCUT2D eigenvalue weighted by Crippen LogP contribution is 2.41. The number of ether oxygens (including phenoxy) is 3. The normalized spacial score (nSPS) is 11.9. The van der Waals surface area contributed by atoms with Crippen molar-refractivity contribution in [1.82, 2.24) is 14.1 Å². The number of para-hydroxylation sites is 3. The maximum Gasteiger partial charge on any atom is 0.143 e. The predicted octanol–water partition coefficient (Wildman–Crippen LogP) is 9.97. The number of aromatic amines is 1. The van der Waals surface area contributed by atoms with Crippen molar-refractivity contribution in [2.45, 2.75) is 20.0 Å². The second-order valence-corrected chi connectivity index (χ2v) is 12.7. The lowest BCUT2D eigenvalue weighted by atomic mass is 10.1. The molecule has 3 heterocycles. The monoisotopic (exact) mass is 629 g/mol. The molecule has 0 spiro atoms. The molecule has 0 aliphatic carbocycles. The minimum atomic E-state index is 0.662. The van der Waals surface area contributed by atoms with Gasteiger partial charge in [0.15, 0.2) is 0 Å². The fourth-order valence-electron chi connectivity index (χ4n) is 7.82. The number of hydrogen-bond acceptors (Lipinski definition) is 3. The van der Waals surface area contributed by atoms with Crippen molar-refractivity contribution >= 4 is 65.4 Å². The summed E-state index contributed by atoms with van der Waals surface area (Å²) in [5.74, 6) is 2.57. The van der Waals surface area contributed by atoms with Crippen LogP contribution in [0.15, 0.2) is 109 Å². The van der Waals surface area contributed by atoms with E-state index in [4.69, 9.17) is 14.2 Å². The standard InChI is InChI=1S/C42H35N3O3/c1-25-17-32-29-12-6-9-15-35(29)44(41(32)38(18-25)47-3)24-27-20-33-30-13-7-10-16-36(30)45(42(33)39(22-27)48-4)23-26-19-31-28-11-5-8-14-34(28)43-40(31)37(21-26)46-2/h5-22,43H,23-24H2,1-4H3. The molecule has 0 saturated carbocycles. The van der Waals surface area contributed by atoms with E-state index in [1.807, 2.05) is 0 Å². The van der Waals surface area contributed by atoms with Gasteiger partial charge in [0.1, 0.15) is 17.2 Å². The van der Waals surface area contributed by atoms with Crippen LogP contribution in [-0.4, -0.2) is 35.4 Å². The Hall–Kier alpha value is -5.88. The molecule has 0 radical (unpaired) electrons. The zero-order valence-electron chi connectivity index (χ0n) is 27.4. The van der Waals surface area contributed by atoms with Crippen molar-refractivity contribution in [2.75, 3.05) is 21.3 Å². The molecule has 6 aromatic carbocycles. The van der Waals surface area contributed by atoms with Gasteiger partial charge >= 0.3 is 0 Å². The summed E-state index contributed by atoms with van der Waals surface area (Å²) in [7, 11) is 5.27. The molecule has 9 rings (SSSR count). The first-order valence-electron chi connectivity index (χ1n) is 16.3. The van der Waals surface area contributed by atoms with E-state index in [2.05, 4.69) is 130 Å². The Morgan fingerprint density at radius 1 is 0.500 bits per heavy atom. The molecule has 6 heteroatoms. The minimum absolute atomic E-state index is 0.662. The summed E-state index contributed by atoms with van der Waals surface area (Å²) >= 11 is 0. The van der Waals surface area contributed by atoms with Gasteiger partial charge in [-0.05, 0) is 78.2 Å². The lowest BCUT2D eigenvalue weighted by Crippen LogP contribution is -2.04. The van der Waals surface area contributed by atoms with Gasteiger partial charge in [0.05, 0.1) is 37.9 Å². The number of rotatable bonds is 7. The number of nitrogens with one attached hydrogen (secondary N) is 1. The van der Waals surface area contributed by atoms with Gasteiger partial charge in [-0.3, -0.25) is 0 Å². The van der Waals surface area contributed by atoms with Crippen LogP contribution in [0.3, 0.4) is 0 Å². The highest BCUT2D eigenvalue weighted by atomic mass is 16.5. The third-order valence-corrected chi connectivity index (χ3v) is 9.84. The van der Waals surface area contributed by atoms with Crippen molar-refractivity contribution in [2.24, 2.45) is 0 Å². The molecule has 1 N–H and O–H groups in total. The van der Waals surface area contributed by atoms with Crippen LogP contribution < -0.4 is 14.2 Å². The van der Waals surface area contributed by atoms with Crippen LogP contribution in [0.1, 0.15) is 16.7 Å². The number of hydrogen-bond donors (Lipinski definition) is 1. The van der Waals surface area contributed by atoms with Gasteiger partial charge < -0.3 is 28.3 Å². The average Bonchev–Trinajstić information content (AvgIpc) is 3.76. The number of fused-ring (bicyclic) bond motifs is 9. The maximum atomic E-state index is 6.21. The molecule has 3 aromatic heterocycles. The van der Waals surface area contributed by atoms with E-state index in [0.717, 1.165) is 61.3 Å². The SMILES string of the molecule is COc1cc(Cn2c3ccccc3c3cc(Cn4c5ccccc5c5cc(C)cc(OC)c54)cc(OC)c32)cc2c1[nH]c1ccccc12. The van der Waals surface area contributed by atoms with Gasteiger partial charge in [-0.1, -0.05) is 54.6 Å². The molecule has 9 aromatic rings. The third-order valence-electron chi connectivity index (χ3n) is 9.84. The number of aromatic nitrogens is 3. The third kappa shape index (κ3) is 4.19. The number of benzene rings is 6. The van der Waals surface area contributed by atoms with Crippen LogP contribution in [0, 0.1) is 6.92 Å². The number of aryl methyl sites for hydroxylation is 1.